The largest absolute Gasteiger partial charge is 0.507 e. The van der Waals surface area contributed by atoms with E-state index in [0.717, 1.165) is 0 Å². The maximum absolute atomic E-state index is 13.3. The van der Waals surface area contributed by atoms with Crippen molar-refractivity contribution < 1.29 is 39.2 Å². The molecule has 0 bridgehead atoms. The molecule has 1 heterocycles. The molecule has 5 N–H and O–H groups in total. The summed E-state index contributed by atoms with van der Waals surface area (Å²) in [6.45, 7) is 1.51. The summed E-state index contributed by atoms with van der Waals surface area (Å²) in [4.78, 5) is 39.1. The van der Waals surface area contributed by atoms with Crippen LogP contribution in [0.3, 0.4) is 0 Å². The SMILES string of the molecule is C[C@@H]1O[C@@H](O[C@H]2C[C@@H](C(=O)CN)Cc3c(O)c4c(c(O)c32)C(=O)c2ccccc2C4=O)CC[C@H]1O. The number of hydrogen-bond donors (Lipinski definition) is 4. The second kappa shape index (κ2) is 8.83. The standard InChI is InChI=1S/C26H27NO8/c1-11-16(28)6-7-19(34-11)35-18-9-12(17(29)10-27)8-15-20(18)26(33)22-21(25(15)32)23(30)13-4-2-3-5-14(13)24(22)31/h2-5,11-12,16,18-19,28,32-33H,6-10,27H2,1H3/t11-,12-,16+,18-,19-/m0/s1. The van der Waals surface area contributed by atoms with Crippen LogP contribution in [0, 0.1) is 5.92 Å². The molecule has 1 aliphatic heterocycles. The summed E-state index contributed by atoms with van der Waals surface area (Å²) in [6, 6.07) is 6.24. The molecule has 35 heavy (non-hydrogen) atoms. The van der Waals surface area contributed by atoms with Crippen molar-refractivity contribution in [3.05, 3.63) is 57.6 Å². The molecule has 0 saturated carbocycles. The van der Waals surface area contributed by atoms with E-state index < -0.39 is 53.6 Å². The number of aliphatic hydroxyl groups excluding tert-OH is 1. The first-order valence-corrected chi connectivity index (χ1v) is 11.7. The third kappa shape index (κ3) is 3.75. The lowest BCUT2D eigenvalue weighted by molar-refractivity contribution is -0.239. The number of aliphatic hydroxyl groups is 1. The van der Waals surface area contributed by atoms with Gasteiger partial charge in [-0.1, -0.05) is 24.3 Å². The Bertz CT molecular complexity index is 1240. The fourth-order valence-electron chi connectivity index (χ4n) is 5.40. The highest BCUT2D eigenvalue weighted by atomic mass is 16.7. The minimum atomic E-state index is -0.900. The van der Waals surface area contributed by atoms with Gasteiger partial charge in [0.1, 0.15) is 17.3 Å². The van der Waals surface area contributed by atoms with Crippen LogP contribution in [0.25, 0.3) is 0 Å². The Morgan fingerprint density at radius 1 is 1.09 bits per heavy atom. The van der Waals surface area contributed by atoms with E-state index in [2.05, 4.69) is 0 Å². The zero-order valence-electron chi connectivity index (χ0n) is 19.2. The van der Waals surface area contributed by atoms with Crippen molar-refractivity contribution in [2.75, 3.05) is 6.54 Å². The van der Waals surface area contributed by atoms with Gasteiger partial charge in [-0.15, -0.1) is 0 Å². The van der Waals surface area contributed by atoms with E-state index >= 15 is 0 Å². The second-order valence-corrected chi connectivity index (χ2v) is 9.39. The van der Waals surface area contributed by atoms with Crippen LogP contribution in [0.4, 0.5) is 0 Å². The lowest BCUT2D eigenvalue weighted by atomic mass is 9.74. The number of aromatic hydroxyl groups is 2. The number of carbonyl (C=O) groups is 3. The first-order chi connectivity index (χ1) is 16.7. The van der Waals surface area contributed by atoms with Crippen molar-refractivity contribution in [1.82, 2.24) is 0 Å². The Balaban J connectivity index is 1.64. The molecule has 2 aromatic carbocycles. The number of rotatable bonds is 4. The summed E-state index contributed by atoms with van der Waals surface area (Å²) in [5.74, 6) is -2.88. The average Bonchev–Trinajstić information content (AvgIpc) is 2.86. The molecule has 5 atom stereocenters. The third-order valence-electron chi connectivity index (χ3n) is 7.31. The number of ketones is 3. The fourth-order valence-corrected chi connectivity index (χ4v) is 5.40. The van der Waals surface area contributed by atoms with E-state index in [0.29, 0.717) is 12.8 Å². The number of fused-ring (bicyclic) bond motifs is 3. The van der Waals surface area contributed by atoms with Crippen molar-refractivity contribution in [3.8, 4) is 11.5 Å². The molecule has 3 aliphatic rings. The molecule has 184 valence electrons. The average molecular weight is 482 g/mol. The lowest BCUT2D eigenvalue weighted by Crippen LogP contribution is -2.40. The topological polar surface area (TPSA) is 156 Å². The molecular weight excluding hydrogens is 454 g/mol. The van der Waals surface area contributed by atoms with Gasteiger partial charge in [0.05, 0.1) is 36.0 Å². The predicted octanol–water partition coefficient (Wildman–Crippen LogP) is 1.91. The van der Waals surface area contributed by atoms with Crippen molar-refractivity contribution >= 4 is 17.3 Å². The number of nitrogens with two attached hydrogens (primary N) is 1. The maximum atomic E-state index is 13.3. The quantitative estimate of drug-likeness (QED) is 0.409. The molecular formula is C26H27NO8. The summed E-state index contributed by atoms with van der Waals surface area (Å²) in [6.07, 6.45) is -1.70. The van der Waals surface area contributed by atoms with Crippen molar-refractivity contribution in [3.63, 3.8) is 0 Å². The Hall–Kier alpha value is -3.11. The van der Waals surface area contributed by atoms with Gasteiger partial charge >= 0.3 is 0 Å². The van der Waals surface area contributed by atoms with Crippen LogP contribution in [0.1, 0.15) is 75.3 Å². The molecule has 9 nitrogen and oxygen atoms in total. The number of ether oxygens (including phenoxy) is 2. The van der Waals surface area contributed by atoms with Crippen molar-refractivity contribution in [2.24, 2.45) is 11.7 Å². The van der Waals surface area contributed by atoms with Crippen LogP contribution in [-0.2, 0) is 20.7 Å². The zero-order valence-corrected chi connectivity index (χ0v) is 19.2. The minimum absolute atomic E-state index is 0.0433. The molecule has 1 saturated heterocycles. The second-order valence-electron chi connectivity index (χ2n) is 9.39. The van der Waals surface area contributed by atoms with Crippen molar-refractivity contribution in [1.29, 1.82) is 0 Å². The lowest BCUT2D eigenvalue weighted by Gasteiger charge is -2.38. The molecule has 0 amide bonds. The van der Waals surface area contributed by atoms with E-state index in [9.17, 15) is 29.7 Å². The number of phenols is 2. The first-order valence-electron chi connectivity index (χ1n) is 11.7. The summed E-state index contributed by atoms with van der Waals surface area (Å²) >= 11 is 0. The first kappa shape index (κ1) is 23.6. The highest BCUT2D eigenvalue weighted by Gasteiger charge is 2.43. The third-order valence-corrected chi connectivity index (χ3v) is 7.31. The Morgan fingerprint density at radius 2 is 1.71 bits per heavy atom. The number of benzene rings is 2. The van der Waals surface area contributed by atoms with Gasteiger partial charge in [0.25, 0.3) is 0 Å². The predicted molar refractivity (Wildman–Crippen MR) is 122 cm³/mol. The minimum Gasteiger partial charge on any atom is -0.507 e. The van der Waals surface area contributed by atoms with E-state index in [1.807, 2.05) is 0 Å². The summed E-state index contributed by atoms with van der Waals surface area (Å²) in [7, 11) is 0. The molecule has 2 aromatic rings. The summed E-state index contributed by atoms with van der Waals surface area (Å²) in [5, 5.41) is 32.6. The van der Waals surface area contributed by atoms with E-state index in [1.54, 1.807) is 19.1 Å². The molecule has 0 spiro atoms. The zero-order chi connectivity index (χ0) is 25.0. The molecule has 0 radical (unpaired) electrons. The van der Waals surface area contributed by atoms with Gasteiger partial charge < -0.3 is 30.5 Å². The number of Topliss-reactive ketones (excluding diaryl/α,β-unsaturated/α-hetero) is 1. The summed E-state index contributed by atoms with van der Waals surface area (Å²) in [5.41, 5.74) is 5.71. The highest BCUT2D eigenvalue weighted by Crippen LogP contribution is 2.51. The summed E-state index contributed by atoms with van der Waals surface area (Å²) < 4.78 is 11.9. The van der Waals surface area contributed by atoms with Crippen LogP contribution >= 0.6 is 0 Å². The van der Waals surface area contributed by atoms with Gasteiger partial charge in [-0.05, 0) is 26.2 Å². The molecule has 0 unspecified atom stereocenters. The van der Waals surface area contributed by atoms with E-state index in [1.165, 1.54) is 12.1 Å². The van der Waals surface area contributed by atoms with Crippen LogP contribution in [0.5, 0.6) is 11.5 Å². The normalized spacial score (nSPS) is 27.7. The Labute approximate surface area is 201 Å². The highest BCUT2D eigenvalue weighted by molar-refractivity contribution is 6.30. The number of hydrogen-bond acceptors (Lipinski definition) is 9. The van der Waals surface area contributed by atoms with Crippen LogP contribution < -0.4 is 5.73 Å². The van der Waals surface area contributed by atoms with Gasteiger partial charge in [0, 0.05) is 34.6 Å². The molecule has 2 aliphatic carbocycles. The monoisotopic (exact) mass is 481 g/mol. The Kier molecular flexibility index (Phi) is 5.96. The molecule has 0 aromatic heterocycles. The van der Waals surface area contributed by atoms with E-state index in [4.69, 9.17) is 15.2 Å². The number of carbonyl (C=O) groups excluding carboxylic acids is 3. The fraction of sp³-hybridized carbons (Fsp3) is 0.423. The molecule has 1 fully saturated rings. The van der Waals surface area contributed by atoms with Gasteiger partial charge in [-0.3, -0.25) is 14.4 Å². The smallest absolute Gasteiger partial charge is 0.198 e. The van der Waals surface area contributed by atoms with Gasteiger partial charge in [0.2, 0.25) is 0 Å². The van der Waals surface area contributed by atoms with Crippen LogP contribution in [0.2, 0.25) is 0 Å². The van der Waals surface area contributed by atoms with E-state index in [-0.39, 0.29) is 58.6 Å². The Morgan fingerprint density at radius 3 is 2.31 bits per heavy atom. The van der Waals surface area contributed by atoms with Crippen molar-refractivity contribution in [2.45, 2.75) is 57.2 Å². The molecule has 5 rings (SSSR count). The number of phenolic OH excluding ortho intramolecular Hbond substituents is 2. The van der Waals surface area contributed by atoms with Gasteiger partial charge in [-0.2, -0.15) is 0 Å². The molecule has 9 heteroatoms. The van der Waals surface area contributed by atoms with Crippen LogP contribution in [0.15, 0.2) is 24.3 Å². The van der Waals surface area contributed by atoms with Gasteiger partial charge in [-0.25, -0.2) is 0 Å². The maximum Gasteiger partial charge on any atom is 0.198 e. The van der Waals surface area contributed by atoms with Crippen LogP contribution in [-0.4, -0.2) is 57.7 Å². The van der Waals surface area contributed by atoms with Gasteiger partial charge in [0.15, 0.2) is 17.9 Å².